The zero-order valence-electron chi connectivity index (χ0n) is 9.52. The molecule has 0 unspecified atom stereocenters. The standard InChI is InChI=1S/C12H17NO3/c1-16-12(15)13-6-5-9(14)10-7-3-2-4-8(7)11(10)13/h7-8,10-11H,2-6H2,1H3/t7-,8+,10+,11+/m1/s1. The number of ketones is 1. The van der Waals surface area contributed by atoms with Gasteiger partial charge in [0.15, 0.2) is 0 Å². The molecule has 0 bridgehead atoms. The van der Waals surface area contributed by atoms with Gasteiger partial charge in [0.1, 0.15) is 5.78 Å². The van der Waals surface area contributed by atoms with Gasteiger partial charge >= 0.3 is 6.09 Å². The number of carbonyl (C=O) groups excluding carboxylic acids is 2. The Labute approximate surface area is 94.9 Å². The van der Waals surface area contributed by atoms with E-state index in [1.54, 1.807) is 4.90 Å². The van der Waals surface area contributed by atoms with Gasteiger partial charge in [0.25, 0.3) is 0 Å². The van der Waals surface area contributed by atoms with Crippen molar-refractivity contribution >= 4 is 11.9 Å². The highest BCUT2D eigenvalue weighted by molar-refractivity contribution is 5.86. The second-order valence-corrected chi connectivity index (χ2v) is 5.15. The van der Waals surface area contributed by atoms with Gasteiger partial charge in [-0.05, 0) is 24.7 Å². The van der Waals surface area contributed by atoms with Crippen molar-refractivity contribution in [3.05, 3.63) is 0 Å². The van der Waals surface area contributed by atoms with Gasteiger partial charge in [-0.2, -0.15) is 0 Å². The summed E-state index contributed by atoms with van der Waals surface area (Å²) in [6.45, 7) is 0.551. The van der Waals surface area contributed by atoms with Crippen molar-refractivity contribution in [2.75, 3.05) is 13.7 Å². The Bertz CT molecular complexity index is 341. The van der Waals surface area contributed by atoms with Crippen LogP contribution in [0, 0.1) is 17.8 Å². The predicted molar refractivity (Wildman–Crippen MR) is 56.8 cm³/mol. The highest BCUT2D eigenvalue weighted by atomic mass is 16.5. The smallest absolute Gasteiger partial charge is 0.409 e. The van der Waals surface area contributed by atoms with Crippen LogP contribution in [-0.4, -0.2) is 36.5 Å². The van der Waals surface area contributed by atoms with Crippen LogP contribution in [0.2, 0.25) is 0 Å². The first-order chi connectivity index (χ1) is 7.74. The molecule has 1 heterocycles. The molecule has 0 aromatic rings. The number of methoxy groups -OCH3 is 1. The molecule has 0 aromatic heterocycles. The average molecular weight is 223 g/mol. The molecule has 2 aliphatic carbocycles. The number of ether oxygens (including phenoxy) is 1. The van der Waals surface area contributed by atoms with Crippen LogP contribution < -0.4 is 0 Å². The van der Waals surface area contributed by atoms with E-state index in [9.17, 15) is 9.59 Å². The fraction of sp³-hybridized carbons (Fsp3) is 0.833. The van der Waals surface area contributed by atoms with E-state index in [4.69, 9.17) is 4.74 Å². The van der Waals surface area contributed by atoms with Crippen molar-refractivity contribution in [3.8, 4) is 0 Å². The summed E-state index contributed by atoms with van der Waals surface area (Å²) < 4.78 is 4.80. The predicted octanol–water partition coefficient (Wildman–Crippen LogP) is 1.44. The van der Waals surface area contributed by atoms with E-state index < -0.39 is 0 Å². The molecular weight excluding hydrogens is 206 g/mol. The molecule has 0 N–H and O–H groups in total. The Balaban J connectivity index is 1.84. The number of hydrogen-bond donors (Lipinski definition) is 0. The molecule has 2 saturated carbocycles. The average Bonchev–Trinajstić information content (AvgIpc) is 2.67. The Morgan fingerprint density at radius 3 is 2.88 bits per heavy atom. The molecule has 0 radical (unpaired) electrons. The lowest BCUT2D eigenvalue weighted by atomic mass is 9.58. The number of amides is 1. The lowest BCUT2D eigenvalue weighted by molar-refractivity contribution is -0.145. The number of hydrogen-bond acceptors (Lipinski definition) is 3. The third-order valence-corrected chi connectivity index (χ3v) is 4.63. The van der Waals surface area contributed by atoms with E-state index in [0.717, 1.165) is 0 Å². The Morgan fingerprint density at radius 1 is 1.38 bits per heavy atom. The molecule has 1 amide bonds. The first kappa shape index (κ1) is 10.1. The van der Waals surface area contributed by atoms with Crippen LogP contribution in [0.5, 0.6) is 0 Å². The number of likely N-dealkylation sites (tertiary alicyclic amines) is 1. The Hall–Kier alpha value is -1.06. The van der Waals surface area contributed by atoms with Crippen LogP contribution in [-0.2, 0) is 9.53 Å². The highest BCUT2D eigenvalue weighted by Gasteiger charge is 2.60. The minimum Gasteiger partial charge on any atom is -0.453 e. The number of nitrogens with zero attached hydrogens (tertiary/aromatic N) is 1. The van der Waals surface area contributed by atoms with Crippen molar-refractivity contribution in [1.82, 2.24) is 4.90 Å². The molecule has 0 spiro atoms. The lowest BCUT2D eigenvalue weighted by Gasteiger charge is -2.55. The molecule has 3 fully saturated rings. The summed E-state index contributed by atoms with van der Waals surface area (Å²) >= 11 is 0. The maximum Gasteiger partial charge on any atom is 0.409 e. The highest BCUT2D eigenvalue weighted by Crippen LogP contribution is 2.55. The van der Waals surface area contributed by atoms with E-state index in [1.807, 2.05) is 0 Å². The van der Waals surface area contributed by atoms with Gasteiger partial charge in [-0.1, -0.05) is 6.42 Å². The molecule has 4 atom stereocenters. The summed E-state index contributed by atoms with van der Waals surface area (Å²) in [5.41, 5.74) is 0. The second-order valence-electron chi connectivity index (χ2n) is 5.15. The van der Waals surface area contributed by atoms with Gasteiger partial charge in [0, 0.05) is 24.9 Å². The summed E-state index contributed by atoms with van der Waals surface area (Å²) in [5.74, 6) is 1.62. The lowest BCUT2D eigenvalue weighted by Crippen LogP contribution is -2.65. The Morgan fingerprint density at radius 2 is 2.12 bits per heavy atom. The number of piperidine rings is 1. The fourth-order valence-electron chi connectivity index (χ4n) is 3.99. The topological polar surface area (TPSA) is 46.6 Å². The summed E-state index contributed by atoms with van der Waals surface area (Å²) in [6.07, 6.45) is 3.82. The minimum atomic E-state index is -0.257. The van der Waals surface area contributed by atoms with Gasteiger partial charge < -0.3 is 9.64 Å². The third-order valence-electron chi connectivity index (χ3n) is 4.63. The molecule has 3 aliphatic rings. The fourth-order valence-corrected chi connectivity index (χ4v) is 3.99. The molecule has 4 nitrogen and oxygen atoms in total. The number of carbonyl (C=O) groups is 2. The van der Waals surface area contributed by atoms with E-state index in [-0.39, 0.29) is 18.1 Å². The van der Waals surface area contributed by atoms with Crippen LogP contribution in [0.1, 0.15) is 25.7 Å². The molecule has 4 heteroatoms. The molecule has 16 heavy (non-hydrogen) atoms. The monoisotopic (exact) mass is 223 g/mol. The maximum atomic E-state index is 11.9. The second kappa shape index (κ2) is 3.47. The maximum absolute atomic E-state index is 11.9. The molecule has 0 aromatic carbocycles. The zero-order valence-corrected chi connectivity index (χ0v) is 9.52. The van der Waals surface area contributed by atoms with E-state index in [0.29, 0.717) is 30.6 Å². The Kier molecular flexibility index (Phi) is 2.19. The zero-order chi connectivity index (χ0) is 11.3. The van der Waals surface area contributed by atoms with E-state index in [2.05, 4.69) is 0 Å². The molecule has 3 rings (SSSR count). The van der Waals surface area contributed by atoms with Crippen molar-refractivity contribution in [2.45, 2.75) is 31.7 Å². The third kappa shape index (κ3) is 1.16. The van der Waals surface area contributed by atoms with Crippen LogP contribution in [0.3, 0.4) is 0 Å². The summed E-state index contributed by atoms with van der Waals surface area (Å²) in [5, 5.41) is 0. The SMILES string of the molecule is COC(=O)N1CCC(=O)[C@@H]2[C@@H]3CCC[C@@H]3[C@@H]21. The van der Waals surface area contributed by atoms with E-state index >= 15 is 0 Å². The van der Waals surface area contributed by atoms with Gasteiger partial charge in [-0.3, -0.25) is 4.79 Å². The summed E-state index contributed by atoms with van der Waals surface area (Å²) in [7, 11) is 1.42. The molecule has 1 saturated heterocycles. The van der Waals surface area contributed by atoms with Gasteiger partial charge in [-0.25, -0.2) is 4.79 Å². The van der Waals surface area contributed by atoms with Crippen molar-refractivity contribution < 1.29 is 14.3 Å². The number of fused-ring (bicyclic) bond motifs is 4. The molecule has 1 aliphatic heterocycles. The molecular formula is C12H17NO3. The van der Waals surface area contributed by atoms with Gasteiger partial charge in [-0.15, -0.1) is 0 Å². The minimum absolute atomic E-state index is 0.125. The van der Waals surface area contributed by atoms with Crippen molar-refractivity contribution in [2.24, 2.45) is 17.8 Å². The summed E-state index contributed by atoms with van der Waals surface area (Å²) in [4.78, 5) is 25.3. The van der Waals surface area contributed by atoms with Gasteiger partial charge in [0.2, 0.25) is 0 Å². The normalized spacial score (nSPS) is 41.1. The van der Waals surface area contributed by atoms with Crippen LogP contribution in [0.25, 0.3) is 0 Å². The number of Topliss-reactive ketones (excluding diaryl/α,β-unsaturated/α-hetero) is 1. The quantitative estimate of drug-likeness (QED) is 0.624. The van der Waals surface area contributed by atoms with Crippen molar-refractivity contribution in [3.63, 3.8) is 0 Å². The van der Waals surface area contributed by atoms with Gasteiger partial charge in [0.05, 0.1) is 7.11 Å². The van der Waals surface area contributed by atoms with Crippen LogP contribution in [0.15, 0.2) is 0 Å². The molecule has 88 valence electrons. The first-order valence-corrected chi connectivity index (χ1v) is 6.11. The largest absolute Gasteiger partial charge is 0.453 e. The first-order valence-electron chi connectivity index (χ1n) is 6.11. The van der Waals surface area contributed by atoms with Crippen LogP contribution >= 0.6 is 0 Å². The number of rotatable bonds is 0. The van der Waals surface area contributed by atoms with Crippen molar-refractivity contribution in [1.29, 1.82) is 0 Å². The van der Waals surface area contributed by atoms with Crippen LogP contribution in [0.4, 0.5) is 4.79 Å². The van der Waals surface area contributed by atoms with E-state index in [1.165, 1.54) is 26.4 Å². The summed E-state index contributed by atoms with van der Waals surface area (Å²) in [6, 6.07) is 0.154.